The number of rotatable bonds is 9. The number of benzene rings is 2. The molecule has 9 nitrogen and oxygen atoms in total. The summed E-state index contributed by atoms with van der Waals surface area (Å²) >= 11 is 6.05. The van der Waals surface area contributed by atoms with Gasteiger partial charge in [-0.05, 0) is 114 Å². The molecule has 1 aromatic heterocycles. The van der Waals surface area contributed by atoms with Gasteiger partial charge in [-0.1, -0.05) is 17.7 Å². The first-order valence-electron chi connectivity index (χ1n) is 16.0. The summed E-state index contributed by atoms with van der Waals surface area (Å²) in [5.74, 6) is 0.371. The Balaban J connectivity index is 0.000000644. The minimum Gasteiger partial charge on any atom is -0.488 e. The number of fused-ring (bicyclic) bond motifs is 1. The molecule has 3 aromatic rings. The molecule has 1 aliphatic carbocycles. The van der Waals surface area contributed by atoms with Gasteiger partial charge in [0.25, 0.3) is 0 Å². The summed E-state index contributed by atoms with van der Waals surface area (Å²) in [6, 6.07) is 13.7. The lowest BCUT2D eigenvalue weighted by Crippen LogP contribution is -2.41. The van der Waals surface area contributed by atoms with Gasteiger partial charge in [0.2, 0.25) is 0 Å². The fourth-order valence-corrected chi connectivity index (χ4v) is 5.88. The Hall–Kier alpha value is -3.67. The van der Waals surface area contributed by atoms with Gasteiger partial charge in [-0.3, -0.25) is 0 Å². The second-order valence-electron chi connectivity index (χ2n) is 12.9. The van der Waals surface area contributed by atoms with Crippen LogP contribution in [0.2, 0.25) is 5.02 Å². The fourth-order valence-electron chi connectivity index (χ4n) is 5.76. The van der Waals surface area contributed by atoms with Crippen LogP contribution in [0.4, 0.5) is 18.0 Å². The third kappa shape index (κ3) is 10.9. The van der Waals surface area contributed by atoms with Crippen molar-refractivity contribution >= 4 is 34.7 Å². The van der Waals surface area contributed by atoms with Gasteiger partial charge < -0.3 is 28.8 Å². The van der Waals surface area contributed by atoms with Gasteiger partial charge >= 0.3 is 18.2 Å². The maximum absolute atomic E-state index is 12.4. The molecule has 258 valence electrons. The van der Waals surface area contributed by atoms with Crippen molar-refractivity contribution in [1.82, 2.24) is 14.5 Å². The Bertz CT molecular complexity index is 1480. The van der Waals surface area contributed by atoms with Crippen LogP contribution >= 0.6 is 11.6 Å². The number of likely N-dealkylation sites (tertiary alicyclic amines) is 1. The first kappa shape index (κ1) is 36.2. The highest BCUT2D eigenvalue weighted by Crippen LogP contribution is 2.32. The Labute approximate surface area is 277 Å². The summed E-state index contributed by atoms with van der Waals surface area (Å²) < 4.78 is 52.1. The van der Waals surface area contributed by atoms with Crippen LogP contribution in [0.3, 0.4) is 0 Å². The number of halogens is 4. The number of aliphatic carboxylic acids is 1. The summed E-state index contributed by atoms with van der Waals surface area (Å²) in [5, 5.41) is 7.81. The lowest BCUT2D eigenvalue weighted by Gasteiger charge is -2.33. The van der Waals surface area contributed by atoms with Crippen LogP contribution < -0.4 is 9.47 Å². The van der Waals surface area contributed by atoms with E-state index in [1.807, 2.05) is 56.0 Å². The van der Waals surface area contributed by atoms with Crippen molar-refractivity contribution in [1.29, 1.82) is 0 Å². The Morgan fingerprint density at radius 2 is 1.64 bits per heavy atom. The number of carboxylic acid groups (broad SMARTS) is 1. The van der Waals surface area contributed by atoms with Crippen molar-refractivity contribution in [2.45, 2.75) is 103 Å². The third-order valence-corrected chi connectivity index (χ3v) is 8.35. The third-order valence-electron chi connectivity index (χ3n) is 8.10. The molecule has 13 heteroatoms. The molecular weight excluding hydrogens is 639 g/mol. The highest BCUT2D eigenvalue weighted by Gasteiger charge is 2.38. The van der Waals surface area contributed by atoms with Crippen LogP contribution in [0.1, 0.15) is 78.0 Å². The normalized spacial score (nSPS) is 16.1. The lowest BCUT2D eigenvalue weighted by molar-refractivity contribution is -0.192. The van der Waals surface area contributed by atoms with Gasteiger partial charge in [0.15, 0.2) is 0 Å². The minimum absolute atomic E-state index is 0.197. The number of hydrogen-bond donors (Lipinski definition) is 1. The van der Waals surface area contributed by atoms with Crippen LogP contribution in [0.15, 0.2) is 42.5 Å². The summed E-state index contributed by atoms with van der Waals surface area (Å²) in [6.45, 7) is 8.48. The monoisotopic (exact) mass is 681 g/mol. The predicted octanol–water partition coefficient (Wildman–Crippen LogP) is 8.65. The number of aromatic nitrogens is 2. The molecule has 5 rings (SSSR count). The molecule has 0 unspecified atom stereocenters. The average molecular weight is 682 g/mol. The van der Waals surface area contributed by atoms with Crippen molar-refractivity contribution in [3.8, 4) is 11.5 Å². The van der Waals surface area contributed by atoms with Crippen molar-refractivity contribution in [2.75, 3.05) is 13.1 Å². The van der Waals surface area contributed by atoms with E-state index in [4.69, 9.17) is 40.7 Å². The van der Waals surface area contributed by atoms with E-state index in [1.165, 1.54) is 12.8 Å². The number of hydrogen-bond acceptors (Lipinski definition) is 6. The summed E-state index contributed by atoms with van der Waals surface area (Å²) in [5.41, 5.74) is 1.54. The molecule has 2 fully saturated rings. The van der Waals surface area contributed by atoms with E-state index in [-0.39, 0.29) is 12.2 Å². The molecule has 2 aliphatic rings. The summed E-state index contributed by atoms with van der Waals surface area (Å²) in [4.78, 5) is 28.2. The number of nitrogens with zero attached hydrogens (tertiary/aromatic N) is 3. The fraction of sp³-hybridized carbons (Fsp3) is 0.559. The number of imidazole rings is 1. The van der Waals surface area contributed by atoms with E-state index in [0.29, 0.717) is 17.5 Å². The molecule has 1 N–H and O–H groups in total. The lowest BCUT2D eigenvalue weighted by atomic mass is 9.92. The highest BCUT2D eigenvalue weighted by molar-refractivity contribution is 6.30. The molecule has 1 saturated carbocycles. The van der Waals surface area contributed by atoms with Crippen molar-refractivity contribution in [2.24, 2.45) is 5.92 Å². The second kappa shape index (κ2) is 16.0. The molecule has 2 heterocycles. The number of para-hydroxylation sites is 1. The molecule has 0 radical (unpaired) electrons. The zero-order valence-electron chi connectivity index (χ0n) is 27.0. The second-order valence-corrected chi connectivity index (χ2v) is 13.4. The van der Waals surface area contributed by atoms with Crippen LogP contribution in [-0.2, 0) is 22.7 Å². The van der Waals surface area contributed by atoms with Crippen LogP contribution in [0, 0.1) is 5.92 Å². The largest absolute Gasteiger partial charge is 0.490 e. The number of aryl methyl sites for hydroxylation is 1. The highest BCUT2D eigenvalue weighted by atomic mass is 35.5. The Kier molecular flexibility index (Phi) is 12.3. The minimum atomic E-state index is -5.08. The zero-order valence-corrected chi connectivity index (χ0v) is 27.8. The first-order valence-corrected chi connectivity index (χ1v) is 16.4. The molecule has 2 aromatic carbocycles. The number of carbonyl (C=O) groups excluding carboxylic acids is 1. The van der Waals surface area contributed by atoms with E-state index in [2.05, 4.69) is 16.7 Å². The van der Waals surface area contributed by atoms with Crippen molar-refractivity contribution in [3.63, 3.8) is 0 Å². The molecule has 0 spiro atoms. The van der Waals surface area contributed by atoms with Crippen LogP contribution in [0.25, 0.3) is 11.0 Å². The standard InChI is InChI=1S/C32H42ClN3O4.C2HF3O2/c1-32(2,3)40-31(37)35-20-17-23(18-21-35)8-7-19-36-27-11-6-12-28(39-26-9-4-5-10-26)30(27)34-29(36)22-38-25-15-13-24(33)14-16-25;3-2(4,5)1(6)7/h6,11-16,23,26H,4-5,7-10,17-22H2,1-3H3;(H,6,7). The van der Waals surface area contributed by atoms with Gasteiger partial charge in [-0.2, -0.15) is 13.2 Å². The Morgan fingerprint density at radius 1 is 1.00 bits per heavy atom. The number of carboxylic acids is 1. The number of carbonyl (C=O) groups is 2. The molecule has 1 saturated heterocycles. The maximum Gasteiger partial charge on any atom is 0.490 e. The van der Waals surface area contributed by atoms with Gasteiger partial charge in [0.1, 0.15) is 35.0 Å². The number of amides is 1. The topological polar surface area (TPSA) is 103 Å². The predicted molar refractivity (Wildman–Crippen MR) is 172 cm³/mol. The van der Waals surface area contributed by atoms with Gasteiger partial charge in [-0.15, -0.1) is 0 Å². The van der Waals surface area contributed by atoms with Crippen molar-refractivity contribution < 1.29 is 42.1 Å². The van der Waals surface area contributed by atoms with Gasteiger partial charge in [-0.25, -0.2) is 14.6 Å². The zero-order chi connectivity index (χ0) is 34.2. The number of alkyl halides is 3. The molecule has 0 bridgehead atoms. The van der Waals surface area contributed by atoms with Crippen LogP contribution in [0.5, 0.6) is 11.5 Å². The van der Waals surface area contributed by atoms with E-state index >= 15 is 0 Å². The number of ether oxygens (including phenoxy) is 3. The van der Waals surface area contributed by atoms with Gasteiger partial charge in [0.05, 0.1) is 11.6 Å². The molecule has 0 atom stereocenters. The summed E-state index contributed by atoms with van der Waals surface area (Å²) in [7, 11) is 0. The molecule has 47 heavy (non-hydrogen) atoms. The first-order chi connectivity index (χ1) is 22.2. The SMILES string of the molecule is CC(C)(C)OC(=O)N1CCC(CCCn2c(COc3ccc(Cl)cc3)nc3c(OC4CCCC4)cccc32)CC1.O=C(O)C(F)(F)F. The van der Waals surface area contributed by atoms with E-state index in [1.54, 1.807) is 0 Å². The van der Waals surface area contributed by atoms with E-state index in [0.717, 1.165) is 86.5 Å². The van der Waals surface area contributed by atoms with Crippen LogP contribution in [-0.4, -0.2) is 62.6 Å². The average Bonchev–Trinajstić information content (AvgIpc) is 3.64. The number of piperidine rings is 1. The molecule has 1 aliphatic heterocycles. The van der Waals surface area contributed by atoms with Gasteiger partial charge in [0, 0.05) is 24.7 Å². The van der Waals surface area contributed by atoms with E-state index in [9.17, 15) is 18.0 Å². The Morgan fingerprint density at radius 3 is 2.23 bits per heavy atom. The van der Waals surface area contributed by atoms with E-state index < -0.39 is 17.7 Å². The maximum atomic E-state index is 12.4. The molecular formula is C34H43ClF3N3O6. The smallest absolute Gasteiger partial charge is 0.488 e. The summed E-state index contributed by atoms with van der Waals surface area (Å²) in [6.07, 6.45) is 3.82. The van der Waals surface area contributed by atoms with Crippen molar-refractivity contribution in [3.05, 3.63) is 53.3 Å². The molecule has 1 amide bonds. The quantitative estimate of drug-likeness (QED) is 0.241.